The molecule has 0 bridgehead atoms. The van der Waals surface area contributed by atoms with Gasteiger partial charge >= 0.3 is 0 Å². The molecule has 0 amide bonds. The Balaban J connectivity index is 2.69. The Morgan fingerprint density at radius 3 is 3.18 bits per heavy atom. The summed E-state index contributed by atoms with van der Waals surface area (Å²) in [6, 6.07) is 3.71. The molecular formula is C7H8N4. The van der Waals surface area contributed by atoms with Crippen molar-refractivity contribution in [2.24, 2.45) is 5.73 Å². The maximum absolute atomic E-state index is 5.41. The zero-order chi connectivity index (χ0) is 7.68. The molecule has 0 atom stereocenters. The van der Waals surface area contributed by atoms with Gasteiger partial charge in [-0.3, -0.25) is 0 Å². The molecule has 4 nitrogen and oxygen atoms in total. The van der Waals surface area contributed by atoms with Gasteiger partial charge in [-0.05, 0) is 6.07 Å². The Hall–Kier alpha value is -1.42. The third-order valence-electron chi connectivity index (χ3n) is 1.50. The summed E-state index contributed by atoms with van der Waals surface area (Å²) in [7, 11) is 0. The Kier molecular flexibility index (Phi) is 1.33. The Bertz CT molecular complexity index is 332. The summed E-state index contributed by atoms with van der Waals surface area (Å²) in [5, 5.41) is 4.16. The van der Waals surface area contributed by atoms with E-state index in [1.807, 2.05) is 18.3 Å². The second kappa shape index (κ2) is 2.32. The number of hydrogen-bond donors (Lipinski definition) is 1. The smallest absolute Gasteiger partial charge is 0.155 e. The van der Waals surface area contributed by atoms with Crippen LogP contribution in [0.5, 0.6) is 0 Å². The van der Waals surface area contributed by atoms with Gasteiger partial charge in [-0.15, -0.1) is 0 Å². The molecule has 2 aromatic rings. The average Bonchev–Trinajstić information content (AvgIpc) is 2.46. The largest absolute Gasteiger partial charge is 0.325 e. The van der Waals surface area contributed by atoms with E-state index in [0.717, 1.165) is 11.3 Å². The van der Waals surface area contributed by atoms with Crippen LogP contribution < -0.4 is 5.73 Å². The van der Waals surface area contributed by atoms with Gasteiger partial charge in [0.2, 0.25) is 0 Å². The molecule has 0 aliphatic carbocycles. The fourth-order valence-electron chi connectivity index (χ4n) is 0.979. The Labute approximate surface area is 63.7 Å². The third kappa shape index (κ3) is 0.969. The van der Waals surface area contributed by atoms with Gasteiger partial charge in [0, 0.05) is 25.0 Å². The van der Waals surface area contributed by atoms with Crippen molar-refractivity contribution in [1.29, 1.82) is 0 Å². The minimum Gasteiger partial charge on any atom is -0.325 e. The van der Waals surface area contributed by atoms with Crippen molar-refractivity contribution in [3.8, 4) is 0 Å². The Morgan fingerprint density at radius 2 is 2.45 bits per heavy atom. The molecule has 2 N–H and O–H groups in total. The van der Waals surface area contributed by atoms with Crippen LogP contribution >= 0.6 is 0 Å². The summed E-state index contributed by atoms with van der Waals surface area (Å²) >= 11 is 0. The highest BCUT2D eigenvalue weighted by Crippen LogP contribution is 2.00. The normalized spacial score (nSPS) is 10.6. The van der Waals surface area contributed by atoms with Gasteiger partial charge in [0.25, 0.3) is 0 Å². The van der Waals surface area contributed by atoms with Crippen molar-refractivity contribution < 1.29 is 0 Å². The molecule has 0 unspecified atom stereocenters. The van der Waals surface area contributed by atoms with Crippen LogP contribution in [-0.4, -0.2) is 14.6 Å². The van der Waals surface area contributed by atoms with Crippen LogP contribution in [0, 0.1) is 0 Å². The maximum Gasteiger partial charge on any atom is 0.155 e. The van der Waals surface area contributed by atoms with E-state index in [-0.39, 0.29) is 0 Å². The standard InChI is InChI=1S/C7H8N4/c8-5-6-4-7-9-2-1-3-11(7)10-6/h1-4H,5,8H2. The fraction of sp³-hybridized carbons (Fsp3) is 0.143. The number of fused-ring (bicyclic) bond motifs is 1. The zero-order valence-electron chi connectivity index (χ0n) is 5.94. The first-order valence-electron chi connectivity index (χ1n) is 3.39. The molecule has 0 saturated carbocycles. The second-order valence-corrected chi connectivity index (χ2v) is 2.26. The first kappa shape index (κ1) is 6.30. The molecule has 2 aromatic heterocycles. The van der Waals surface area contributed by atoms with Crippen molar-refractivity contribution in [3.63, 3.8) is 0 Å². The van der Waals surface area contributed by atoms with Crippen molar-refractivity contribution in [2.45, 2.75) is 6.54 Å². The van der Waals surface area contributed by atoms with E-state index in [4.69, 9.17) is 5.73 Å². The highest BCUT2D eigenvalue weighted by molar-refractivity contribution is 5.37. The van der Waals surface area contributed by atoms with Crippen molar-refractivity contribution >= 4 is 5.65 Å². The summed E-state index contributed by atoms with van der Waals surface area (Å²) in [6.07, 6.45) is 3.58. The van der Waals surface area contributed by atoms with Crippen LogP contribution in [0.3, 0.4) is 0 Å². The highest BCUT2D eigenvalue weighted by Gasteiger charge is 1.97. The lowest BCUT2D eigenvalue weighted by atomic mass is 10.4. The van der Waals surface area contributed by atoms with Gasteiger partial charge in [0.05, 0.1) is 5.69 Å². The molecule has 0 aromatic carbocycles. The molecule has 11 heavy (non-hydrogen) atoms. The molecule has 0 aliphatic heterocycles. The lowest BCUT2D eigenvalue weighted by Gasteiger charge is -1.86. The van der Waals surface area contributed by atoms with E-state index < -0.39 is 0 Å². The molecule has 2 heterocycles. The predicted octanol–water partition coefficient (Wildman–Crippen LogP) is 0.188. The highest BCUT2D eigenvalue weighted by atomic mass is 15.2. The summed E-state index contributed by atoms with van der Waals surface area (Å²) < 4.78 is 1.71. The summed E-state index contributed by atoms with van der Waals surface area (Å²) in [6.45, 7) is 0.462. The van der Waals surface area contributed by atoms with Crippen LogP contribution in [0.4, 0.5) is 0 Å². The summed E-state index contributed by atoms with van der Waals surface area (Å²) in [5.74, 6) is 0. The SMILES string of the molecule is NCc1cc2ncccn2n1. The van der Waals surface area contributed by atoms with Crippen LogP contribution in [0.25, 0.3) is 5.65 Å². The number of nitrogens with zero attached hydrogens (tertiary/aromatic N) is 3. The van der Waals surface area contributed by atoms with E-state index in [9.17, 15) is 0 Å². The third-order valence-corrected chi connectivity index (χ3v) is 1.50. The molecule has 0 aliphatic rings. The monoisotopic (exact) mass is 148 g/mol. The van der Waals surface area contributed by atoms with E-state index >= 15 is 0 Å². The molecule has 56 valence electrons. The van der Waals surface area contributed by atoms with Gasteiger partial charge < -0.3 is 5.73 Å². The molecule has 0 saturated heterocycles. The van der Waals surface area contributed by atoms with Gasteiger partial charge in [-0.25, -0.2) is 9.50 Å². The Morgan fingerprint density at radius 1 is 1.55 bits per heavy atom. The van der Waals surface area contributed by atoms with E-state index in [1.54, 1.807) is 10.7 Å². The minimum atomic E-state index is 0.462. The zero-order valence-corrected chi connectivity index (χ0v) is 5.94. The molecule has 0 spiro atoms. The topological polar surface area (TPSA) is 56.2 Å². The number of rotatable bonds is 1. The molecule has 0 fully saturated rings. The second-order valence-electron chi connectivity index (χ2n) is 2.26. The number of aromatic nitrogens is 3. The van der Waals surface area contributed by atoms with Gasteiger partial charge in [-0.1, -0.05) is 0 Å². The van der Waals surface area contributed by atoms with Crippen LogP contribution in [0.1, 0.15) is 5.69 Å². The number of nitrogens with two attached hydrogens (primary N) is 1. The van der Waals surface area contributed by atoms with E-state index in [0.29, 0.717) is 6.54 Å². The van der Waals surface area contributed by atoms with Gasteiger partial charge in [0.15, 0.2) is 5.65 Å². The number of hydrogen-bond acceptors (Lipinski definition) is 3. The lowest BCUT2D eigenvalue weighted by molar-refractivity contribution is 0.875. The van der Waals surface area contributed by atoms with Crippen LogP contribution in [0.2, 0.25) is 0 Å². The van der Waals surface area contributed by atoms with E-state index in [2.05, 4.69) is 10.1 Å². The minimum absolute atomic E-state index is 0.462. The summed E-state index contributed by atoms with van der Waals surface area (Å²) in [5.41, 5.74) is 7.12. The maximum atomic E-state index is 5.41. The van der Waals surface area contributed by atoms with Gasteiger partial charge in [-0.2, -0.15) is 5.10 Å². The first-order chi connectivity index (χ1) is 5.40. The fourth-order valence-corrected chi connectivity index (χ4v) is 0.979. The molecule has 4 heteroatoms. The predicted molar refractivity (Wildman–Crippen MR) is 40.9 cm³/mol. The van der Waals surface area contributed by atoms with Crippen LogP contribution in [0.15, 0.2) is 24.5 Å². The molecule has 2 rings (SSSR count). The van der Waals surface area contributed by atoms with E-state index in [1.165, 1.54) is 0 Å². The van der Waals surface area contributed by atoms with Gasteiger partial charge in [0.1, 0.15) is 0 Å². The lowest BCUT2D eigenvalue weighted by Crippen LogP contribution is -1.96. The first-order valence-corrected chi connectivity index (χ1v) is 3.39. The quantitative estimate of drug-likeness (QED) is 0.628. The molecule has 0 radical (unpaired) electrons. The van der Waals surface area contributed by atoms with Crippen LogP contribution in [-0.2, 0) is 6.54 Å². The molecular weight excluding hydrogens is 140 g/mol. The average molecular weight is 148 g/mol. The summed E-state index contributed by atoms with van der Waals surface area (Å²) in [4.78, 5) is 4.09. The van der Waals surface area contributed by atoms with Crippen molar-refractivity contribution in [3.05, 3.63) is 30.2 Å². The van der Waals surface area contributed by atoms with Crippen molar-refractivity contribution in [1.82, 2.24) is 14.6 Å². The van der Waals surface area contributed by atoms with Crippen molar-refractivity contribution in [2.75, 3.05) is 0 Å².